The summed E-state index contributed by atoms with van der Waals surface area (Å²) in [7, 11) is 0. The van der Waals surface area contributed by atoms with Crippen LogP contribution in [0.5, 0.6) is 5.75 Å². The first-order valence-corrected chi connectivity index (χ1v) is 7.16. The number of primary amides is 2. The first-order chi connectivity index (χ1) is 11.4. The molecule has 2 aromatic rings. The fourth-order valence-corrected chi connectivity index (χ4v) is 2.09. The average Bonchev–Trinajstić information content (AvgIpc) is 2.54. The zero-order valence-corrected chi connectivity index (χ0v) is 13.2. The van der Waals surface area contributed by atoms with E-state index in [4.69, 9.17) is 27.8 Å². The zero-order valence-electron chi connectivity index (χ0n) is 12.4. The molecule has 24 heavy (non-hydrogen) atoms. The molecule has 0 atom stereocenters. The van der Waals surface area contributed by atoms with E-state index in [2.05, 4.69) is 5.32 Å². The first kappa shape index (κ1) is 17.3. The predicted octanol–water partition coefficient (Wildman–Crippen LogP) is 1.56. The van der Waals surface area contributed by atoms with E-state index >= 15 is 0 Å². The summed E-state index contributed by atoms with van der Waals surface area (Å²) >= 11 is 5.86. The van der Waals surface area contributed by atoms with Gasteiger partial charge in [-0.15, -0.1) is 0 Å². The van der Waals surface area contributed by atoms with Crippen LogP contribution in [0.15, 0.2) is 42.5 Å². The second-order valence-electron chi connectivity index (χ2n) is 4.80. The molecule has 2 rings (SSSR count). The maximum absolute atomic E-state index is 12.3. The molecule has 0 aliphatic heterocycles. The Bertz CT molecular complexity index is 808. The van der Waals surface area contributed by atoms with E-state index in [1.54, 1.807) is 24.3 Å². The summed E-state index contributed by atoms with van der Waals surface area (Å²) in [5.74, 6) is -1.42. The molecule has 0 aliphatic rings. The van der Waals surface area contributed by atoms with Crippen molar-refractivity contribution in [1.82, 2.24) is 0 Å². The van der Waals surface area contributed by atoms with E-state index in [1.165, 1.54) is 18.2 Å². The molecule has 124 valence electrons. The fourth-order valence-electron chi connectivity index (χ4n) is 1.88. The molecule has 0 heterocycles. The number of hydrogen-bond donors (Lipinski definition) is 3. The van der Waals surface area contributed by atoms with E-state index < -0.39 is 17.7 Å². The van der Waals surface area contributed by atoms with Crippen LogP contribution in [0.3, 0.4) is 0 Å². The van der Waals surface area contributed by atoms with Crippen LogP contribution >= 0.6 is 11.6 Å². The van der Waals surface area contributed by atoms with E-state index in [-0.39, 0.29) is 17.2 Å². The molecule has 3 amide bonds. The number of carbonyl (C=O) groups excluding carboxylic acids is 3. The van der Waals surface area contributed by atoms with Gasteiger partial charge in [-0.1, -0.05) is 17.7 Å². The fraction of sp³-hybridized carbons (Fsp3) is 0.0625. The van der Waals surface area contributed by atoms with E-state index in [0.717, 1.165) is 0 Å². The molecule has 0 bridgehead atoms. The Hall–Kier alpha value is -3.06. The topological polar surface area (TPSA) is 125 Å². The molecule has 0 fully saturated rings. The normalized spacial score (nSPS) is 10.0. The van der Waals surface area contributed by atoms with Gasteiger partial charge in [0.1, 0.15) is 5.75 Å². The van der Waals surface area contributed by atoms with Crippen LogP contribution < -0.4 is 21.5 Å². The average molecular weight is 348 g/mol. The van der Waals surface area contributed by atoms with Crippen LogP contribution in [0.4, 0.5) is 5.69 Å². The van der Waals surface area contributed by atoms with Crippen LogP contribution in [0.25, 0.3) is 0 Å². The SMILES string of the molecule is NC(=O)COc1cccc(C(=O)Nc2ccc(Cl)c(C(N)=O)c2)c1. The molecule has 0 aliphatic carbocycles. The van der Waals surface area contributed by atoms with Crippen molar-refractivity contribution < 1.29 is 19.1 Å². The van der Waals surface area contributed by atoms with Gasteiger partial charge in [0.15, 0.2) is 6.61 Å². The summed E-state index contributed by atoms with van der Waals surface area (Å²) in [6, 6.07) is 10.6. The Morgan fingerprint density at radius 2 is 1.83 bits per heavy atom. The second kappa shape index (κ2) is 7.47. The number of hydrogen-bond acceptors (Lipinski definition) is 4. The summed E-state index contributed by atoms with van der Waals surface area (Å²) in [4.78, 5) is 34.3. The van der Waals surface area contributed by atoms with Crippen LogP contribution in [0.2, 0.25) is 5.02 Å². The van der Waals surface area contributed by atoms with Crippen LogP contribution in [0, 0.1) is 0 Å². The maximum atomic E-state index is 12.3. The van der Waals surface area contributed by atoms with Crippen LogP contribution in [-0.4, -0.2) is 24.3 Å². The Kier molecular flexibility index (Phi) is 5.39. The number of ether oxygens (including phenoxy) is 1. The van der Waals surface area contributed by atoms with Gasteiger partial charge in [-0.25, -0.2) is 0 Å². The minimum absolute atomic E-state index is 0.105. The second-order valence-corrected chi connectivity index (χ2v) is 5.20. The standard InChI is InChI=1S/C16H14ClN3O4/c17-13-5-4-10(7-12(13)15(19)22)20-16(23)9-2-1-3-11(6-9)24-8-14(18)21/h1-7H,8H2,(H2,18,21)(H2,19,22)(H,20,23). The summed E-state index contributed by atoms with van der Waals surface area (Å²) in [6.07, 6.45) is 0. The van der Waals surface area contributed by atoms with Gasteiger partial charge in [0, 0.05) is 11.3 Å². The molecular formula is C16H14ClN3O4. The molecule has 0 unspecified atom stereocenters. The number of nitrogens with two attached hydrogens (primary N) is 2. The highest BCUT2D eigenvalue weighted by molar-refractivity contribution is 6.34. The Morgan fingerprint density at radius 3 is 2.50 bits per heavy atom. The van der Waals surface area contributed by atoms with Crippen LogP contribution in [-0.2, 0) is 4.79 Å². The summed E-state index contributed by atoms with van der Waals surface area (Å²) in [6.45, 7) is -0.287. The smallest absolute Gasteiger partial charge is 0.255 e. The lowest BCUT2D eigenvalue weighted by Crippen LogP contribution is -2.20. The summed E-state index contributed by atoms with van der Waals surface area (Å²) in [5.41, 5.74) is 11.0. The quantitative estimate of drug-likeness (QED) is 0.733. The molecule has 0 radical (unpaired) electrons. The van der Waals surface area contributed by atoms with Crippen molar-refractivity contribution in [2.75, 3.05) is 11.9 Å². The number of benzene rings is 2. The maximum Gasteiger partial charge on any atom is 0.255 e. The summed E-state index contributed by atoms with van der Waals surface area (Å²) in [5, 5.41) is 2.82. The largest absolute Gasteiger partial charge is 0.484 e. The highest BCUT2D eigenvalue weighted by atomic mass is 35.5. The van der Waals surface area contributed by atoms with Gasteiger partial charge >= 0.3 is 0 Å². The third-order valence-electron chi connectivity index (χ3n) is 2.97. The van der Waals surface area contributed by atoms with Crippen molar-refractivity contribution >= 4 is 35.0 Å². The van der Waals surface area contributed by atoms with Crippen molar-refractivity contribution in [3.63, 3.8) is 0 Å². The molecule has 0 saturated carbocycles. The van der Waals surface area contributed by atoms with Crippen molar-refractivity contribution in [1.29, 1.82) is 0 Å². The molecular weight excluding hydrogens is 334 g/mol. The van der Waals surface area contributed by atoms with Crippen molar-refractivity contribution in [3.8, 4) is 5.75 Å². The number of halogens is 1. The molecule has 0 spiro atoms. The minimum atomic E-state index is -0.696. The van der Waals surface area contributed by atoms with Gasteiger partial charge in [0.25, 0.3) is 11.8 Å². The van der Waals surface area contributed by atoms with Crippen molar-refractivity contribution in [3.05, 3.63) is 58.6 Å². The lowest BCUT2D eigenvalue weighted by molar-refractivity contribution is -0.119. The Morgan fingerprint density at radius 1 is 1.08 bits per heavy atom. The molecule has 2 aromatic carbocycles. The zero-order chi connectivity index (χ0) is 17.7. The molecule has 0 saturated heterocycles. The van der Waals surface area contributed by atoms with Gasteiger partial charge in [-0.05, 0) is 36.4 Å². The molecule has 0 aromatic heterocycles. The third kappa shape index (κ3) is 4.47. The van der Waals surface area contributed by atoms with Gasteiger partial charge < -0.3 is 21.5 Å². The summed E-state index contributed by atoms with van der Waals surface area (Å²) < 4.78 is 5.14. The highest BCUT2D eigenvalue weighted by Crippen LogP contribution is 2.21. The number of carbonyl (C=O) groups is 3. The van der Waals surface area contributed by atoms with Crippen LogP contribution in [0.1, 0.15) is 20.7 Å². The Labute approximate surface area is 142 Å². The first-order valence-electron chi connectivity index (χ1n) is 6.78. The highest BCUT2D eigenvalue weighted by Gasteiger charge is 2.11. The van der Waals surface area contributed by atoms with Gasteiger partial charge in [-0.3, -0.25) is 14.4 Å². The van der Waals surface area contributed by atoms with E-state index in [9.17, 15) is 14.4 Å². The van der Waals surface area contributed by atoms with E-state index in [1.807, 2.05) is 0 Å². The van der Waals surface area contributed by atoms with Gasteiger partial charge in [-0.2, -0.15) is 0 Å². The lowest BCUT2D eigenvalue weighted by Gasteiger charge is -2.09. The third-order valence-corrected chi connectivity index (χ3v) is 3.30. The van der Waals surface area contributed by atoms with E-state index in [0.29, 0.717) is 17.0 Å². The lowest BCUT2D eigenvalue weighted by atomic mass is 10.1. The molecule has 7 nitrogen and oxygen atoms in total. The Balaban J connectivity index is 2.15. The van der Waals surface area contributed by atoms with Crippen molar-refractivity contribution in [2.45, 2.75) is 0 Å². The number of amides is 3. The number of rotatable bonds is 6. The van der Waals surface area contributed by atoms with Crippen molar-refractivity contribution in [2.24, 2.45) is 11.5 Å². The molecule has 5 N–H and O–H groups in total. The monoisotopic (exact) mass is 347 g/mol. The minimum Gasteiger partial charge on any atom is -0.484 e. The predicted molar refractivity (Wildman–Crippen MR) is 89.1 cm³/mol. The van der Waals surface area contributed by atoms with Gasteiger partial charge in [0.2, 0.25) is 5.91 Å². The van der Waals surface area contributed by atoms with Gasteiger partial charge in [0.05, 0.1) is 10.6 Å². The number of anilines is 1. The number of nitrogens with one attached hydrogen (secondary N) is 1. The molecule has 8 heteroatoms.